The van der Waals surface area contributed by atoms with E-state index in [0.717, 1.165) is 32.0 Å². The first-order valence-electron chi connectivity index (χ1n) is 6.76. The summed E-state index contributed by atoms with van der Waals surface area (Å²) in [5.41, 5.74) is 1.30. The van der Waals surface area contributed by atoms with Crippen molar-refractivity contribution in [2.75, 3.05) is 6.54 Å². The van der Waals surface area contributed by atoms with Crippen molar-refractivity contribution in [2.24, 2.45) is 5.92 Å². The predicted molar refractivity (Wildman–Crippen MR) is 70.7 cm³/mol. The second-order valence-electron chi connectivity index (χ2n) is 4.83. The summed E-state index contributed by atoms with van der Waals surface area (Å²) in [4.78, 5) is 0. The van der Waals surface area contributed by atoms with Gasteiger partial charge in [-0.1, -0.05) is 19.1 Å². The molecule has 1 aliphatic carbocycles. The molecule has 0 radical (unpaired) electrons. The van der Waals surface area contributed by atoms with Crippen molar-refractivity contribution in [3.8, 4) is 0 Å². The third-order valence-electron chi connectivity index (χ3n) is 3.36. The molecule has 0 spiro atoms. The number of hydrogen-bond donors (Lipinski definition) is 1. The molecule has 0 saturated heterocycles. The standard InChI is InChI=1S/C14H23N3/c1-2-10-17-14(8-9-16-17)12-15-11-13-6-4-3-5-7-13/h3-4,8-9,13,15H,2,5-7,10-12H2,1H3. The monoisotopic (exact) mass is 233 g/mol. The highest BCUT2D eigenvalue weighted by Gasteiger charge is 2.09. The molecule has 0 bridgehead atoms. The minimum absolute atomic E-state index is 0.822. The Bertz CT molecular complexity index is 354. The van der Waals surface area contributed by atoms with Gasteiger partial charge in [-0.25, -0.2) is 0 Å². The first kappa shape index (κ1) is 12.4. The van der Waals surface area contributed by atoms with Gasteiger partial charge >= 0.3 is 0 Å². The molecule has 1 aromatic heterocycles. The molecule has 1 aromatic rings. The summed E-state index contributed by atoms with van der Waals surface area (Å²) in [5.74, 6) is 0.822. The van der Waals surface area contributed by atoms with Crippen LogP contribution in [0.2, 0.25) is 0 Å². The maximum atomic E-state index is 4.34. The van der Waals surface area contributed by atoms with E-state index in [1.54, 1.807) is 0 Å². The molecule has 17 heavy (non-hydrogen) atoms. The summed E-state index contributed by atoms with van der Waals surface area (Å²) < 4.78 is 2.10. The Morgan fingerprint density at radius 3 is 3.18 bits per heavy atom. The molecule has 0 aliphatic heterocycles. The highest BCUT2D eigenvalue weighted by atomic mass is 15.3. The van der Waals surface area contributed by atoms with Crippen molar-refractivity contribution < 1.29 is 0 Å². The van der Waals surface area contributed by atoms with Gasteiger partial charge in [-0.3, -0.25) is 4.68 Å². The van der Waals surface area contributed by atoms with E-state index in [0.29, 0.717) is 0 Å². The molecule has 3 nitrogen and oxygen atoms in total. The number of aryl methyl sites for hydroxylation is 1. The smallest absolute Gasteiger partial charge is 0.0522 e. The lowest BCUT2D eigenvalue weighted by Gasteiger charge is -2.18. The predicted octanol–water partition coefficient (Wildman–Crippen LogP) is 2.74. The largest absolute Gasteiger partial charge is 0.311 e. The highest BCUT2D eigenvalue weighted by molar-refractivity contribution is 5.00. The molecule has 3 heteroatoms. The fourth-order valence-electron chi connectivity index (χ4n) is 2.37. The van der Waals surface area contributed by atoms with Gasteiger partial charge in [0.15, 0.2) is 0 Å². The van der Waals surface area contributed by atoms with Gasteiger partial charge in [-0.15, -0.1) is 0 Å². The van der Waals surface area contributed by atoms with Crippen LogP contribution in [0.3, 0.4) is 0 Å². The van der Waals surface area contributed by atoms with Crippen molar-refractivity contribution in [1.82, 2.24) is 15.1 Å². The van der Waals surface area contributed by atoms with E-state index >= 15 is 0 Å². The molecule has 0 fully saturated rings. The quantitative estimate of drug-likeness (QED) is 0.766. The second-order valence-corrected chi connectivity index (χ2v) is 4.83. The van der Waals surface area contributed by atoms with Gasteiger partial charge in [0.25, 0.3) is 0 Å². The molecular formula is C14H23N3. The number of nitrogens with one attached hydrogen (secondary N) is 1. The molecule has 1 aliphatic rings. The van der Waals surface area contributed by atoms with E-state index in [1.807, 2.05) is 6.20 Å². The van der Waals surface area contributed by atoms with E-state index in [4.69, 9.17) is 0 Å². The van der Waals surface area contributed by atoms with Crippen LogP contribution in [-0.2, 0) is 13.1 Å². The zero-order valence-electron chi connectivity index (χ0n) is 10.7. The van der Waals surface area contributed by atoms with E-state index in [9.17, 15) is 0 Å². The zero-order chi connectivity index (χ0) is 11.9. The molecule has 0 amide bonds. The Balaban J connectivity index is 1.73. The average Bonchev–Trinajstić information content (AvgIpc) is 2.79. The summed E-state index contributed by atoms with van der Waals surface area (Å²) in [7, 11) is 0. The Kier molecular flexibility index (Phi) is 4.80. The van der Waals surface area contributed by atoms with Crippen LogP contribution >= 0.6 is 0 Å². The van der Waals surface area contributed by atoms with Crippen LogP contribution in [0.5, 0.6) is 0 Å². The normalized spacial score (nSPS) is 19.7. The van der Waals surface area contributed by atoms with Crippen molar-refractivity contribution in [2.45, 2.75) is 45.7 Å². The van der Waals surface area contributed by atoms with Crippen molar-refractivity contribution in [3.05, 3.63) is 30.1 Å². The Labute approximate surface area is 104 Å². The Hall–Kier alpha value is -1.09. The van der Waals surface area contributed by atoms with Gasteiger partial charge in [-0.2, -0.15) is 5.10 Å². The molecule has 0 aromatic carbocycles. The van der Waals surface area contributed by atoms with Gasteiger partial charge in [0, 0.05) is 19.3 Å². The van der Waals surface area contributed by atoms with Gasteiger partial charge in [0.05, 0.1) is 5.69 Å². The fourth-order valence-corrected chi connectivity index (χ4v) is 2.37. The maximum absolute atomic E-state index is 4.34. The number of hydrogen-bond acceptors (Lipinski definition) is 2. The Morgan fingerprint density at radius 1 is 1.47 bits per heavy atom. The lowest BCUT2D eigenvalue weighted by Crippen LogP contribution is -2.24. The number of rotatable bonds is 6. The Morgan fingerprint density at radius 2 is 2.41 bits per heavy atom. The van der Waals surface area contributed by atoms with Gasteiger partial charge in [0.2, 0.25) is 0 Å². The lowest BCUT2D eigenvalue weighted by molar-refractivity contribution is 0.433. The van der Waals surface area contributed by atoms with E-state index in [-0.39, 0.29) is 0 Å². The summed E-state index contributed by atoms with van der Waals surface area (Å²) in [5, 5.41) is 7.90. The van der Waals surface area contributed by atoms with E-state index in [1.165, 1.54) is 25.0 Å². The number of aromatic nitrogens is 2. The van der Waals surface area contributed by atoms with E-state index in [2.05, 4.69) is 40.2 Å². The van der Waals surface area contributed by atoms with Crippen molar-refractivity contribution >= 4 is 0 Å². The topological polar surface area (TPSA) is 29.9 Å². The van der Waals surface area contributed by atoms with Crippen LogP contribution in [0.4, 0.5) is 0 Å². The molecule has 0 saturated carbocycles. The van der Waals surface area contributed by atoms with Crippen LogP contribution in [0.1, 0.15) is 38.3 Å². The molecule has 1 heterocycles. The summed E-state index contributed by atoms with van der Waals surface area (Å²) >= 11 is 0. The molecule has 1 atom stereocenters. The summed E-state index contributed by atoms with van der Waals surface area (Å²) in [6.45, 7) is 5.28. The maximum Gasteiger partial charge on any atom is 0.0522 e. The van der Waals surface area contributed by atoms with Crippen LogP contribution in [-0.4, -0.2) is 16.3 Å². The first-order chi connectivity index (χ1) is 8.40. The number of allylic oxidation sites excluding steroid dienone is 2. The highest BCUT2D eigenvalue weighted by Crippen LogP contribution is 2.17. The molecular weight excluding hydrogens is 210 g/mol. The molecule has 94 valence electrons. The lowest BCUT2D eigenvalue weighted by atomic mass is 9.94. The third-order valence-corrected chi connectivity index (χ3v) is 3.36. The van der Waals surface area contributed by atoms with Crippen molar-refractivity contribution in [1.29, 1.82) is 0 Å². The second kappa shape index (κ2) is 6.60. The minimum atomic E-state index is 0.822. The van der Waals surface area contributed by atoms with Crippen LogP contribution in [0.25, 0.3) is 0 Å². The SMILES string of the molecule is CCCn1nccc1CNCC1CC=CCC1. The average molecular weight is 233 g/mol. The van der Waals surface area contributed by atoms with Crippen molar-refractivity contribution in [3.63, 3.8) is 0 Å². The van der Waals surface area contributed by atoms with Gasteiger partial charge < -0.3 is 5.32 Å². The van der Waals surface area contributed by atoms with Gasteiger partial charge in [0.1, 0.15) is 0 Å². The van der Waals surface area contributed by atoms with Crippen LogP contribution in [0, 0.1) is 5.92 Å². The third kappa shape index (κ3) is 3.70. The summed E-state index contributed by atoms with van der Waals surface area (Å²) in [6, 6.07) is 2.11. The van der Waals surface area contributed by atoms with E-state index < -0.39 is 0 Å². The molecule has 1 unspecified atom stereocenters. The summed E-state index contributed by atoms with van der Waals surface area (Å²) in [6.07, 6.45) is 11.5. The molecule has 2 rings (SSSR count). The fraction of sp³-hybridized carbons (Fsp3) is 0.643. The zero-order valence-corrected chi connectivity index (χ0v) is 10.7. The van der Waals surface area contributed by atoms with Crippen LogP contribution < -0.4 is 5.32 Å². The molecule has 1 N–H and O–H groups in total. The number of nitrogens with zero attached hydrogens (tertiary/aromatic N) is 2. The first-order valence-corrected chi connectivity index (χ1v) is 6.76. The van der Waals surface area contributed by atoms with Crippen LogP contribution in [0.15, 0.2) is 24.4 Å². The minimum Gasteiger partial charge on any atom is -0.311 e. The van der Waals surface area contributed by atoms with Gasteiger partial charge in [-0.05, 0) is 44.2 Å².